The Kier molecular flexibility index (Phi) is 7.63. The van der Waals surface area contributed by atoms with Crippen molar-refractivity contribution in [3.63, 3.8) is 0 Å². The number of anilines is 1. The van der Waals surface area contributed by atoms with Crippen molar-refractivity contribution < 1.29 is 23.9 Å². The largest absolute Gasteiger partial charge is 0.457 e. The number of rotatable bonds is 5. The Labute approximate surface area is 184 Å². The molecule has 0 aliphatic carbocycles. The standard InChI is InChI=1S/C24H34N2O5/c1-23(2,3)21(29)25-18-9-7-16(8-10-18)19(27)15-31-20(28)17-11-13-26(14-12-17)22(30)24(4,5)6/h7-10,17H,11-15H2,1-6H3,(H,25,29). The van der Waals surface area contributed by atoms with Gasteiger partial charge in [-0.1, -0.05) is 41.5 Å². The normalized spacial score (nSPS) is 15.4. The second kappa shape index (κ2) is 9.62. The number of hydrogen-bond donors (Lipinski definition) is 1. The van der Waals surface area contributed by atoms with Crippen molar-refractivity contribution >= 4 is 29.3 Å². The molecule has 7 nitrogen and oxygen atoms in total. The van der Waals surface area contributed by atoms with E-state index in [1.54, 1.807) is 29.2 Å². The predicted molar refractivity (Wildman–Crippen MR) is 119 cm³/mol. The molecule has 1 saturated heterocycles. The Hall–Kier alpha value is -2.70. The topological polar surface area (TPSA) is 92.8 Å². The molecule has 0 radical (unpaired) electrons. The molecule has 1 fully saturated rings. The summed E-state index contributed by atoms with van der Waals surface area (Å²) in [7, 11) is 0. The van der Waals surface area contributed by atoms with Crippen LogP contribution in [0.25, 0.3) is 0 Å². The number of ether oxygens (including phenoxy) is 1. The molecule has 1 N–H and O–H groups in total. The average molecular weight is 431 g/mol. The van der Waals surface area contributed by atoms with Crippen LogP contribution in [-0.4, -0.2) is 48.2 Å². The van der Waals surface area contributed by atoms with Crippen molar-refractivity contribution in [2.45, 2.75) is 54.4 Å². The first-order valence-corrected chi connectivity index (χ1v) is 10.7. The zero-order valence-corrected chi connectivity index (χ0v) is 19.4. The molecule has 1 aromatic carbocycles. The number of amides is 2. The molecule has 0 spiro atoms. The van der Waals surface area contributed by atoms with Gasteiger partial charge in [0.05, 0.1) is 5.92 Å². The number of ketones is 1. The van der Waals surface area contributed by atoms with E-state index in [-0.39, 0.29) is 30.1 Å². The van der Waals surface area contributed by atoms with E-state index in [0.717, 1.165) is 0 Å². The summed E-state index contributed by atoms with van der Waals surface area (Å²) in [6, 6.07) is 6.51. The molecule has 0 unspecified atom stereocenters. The minimum absolute atomic E-state index is 0.0802. The van der Waals surface area contributed by atoms with Crippen LogP contribution in [0.4, 0.5) is 5.69 Å². The third-order valence-electron chi connectivity index (χ3n) is 5.25. The van der Waals surface area contributed by atoms with E-state index in [1.165, 1.54) is 0 Å². The minimum atomic E-state index is -0.515. The molecule has 1 aliphatic rings. The number of Topliss-reactive ketones (excluding diaryl/α,β-unsaturated/α-hetero) is 1. The lowest BCUT2D eigenvalue weighted by Crippen LogP contribution is -2.45. The third-order valence-corrected chi connectivity index (χ3v) is 5.25. The summed E-state index contributed by atoms with van der Waals surface area (Å²) in [5.41, 5.74) is 0.0567. The number of nitrogens with one attached hydrogen (secondary N) is 1. The maximum absolute atomic E-state index is 12.4. The van der Waals surface area contributed by atoms with Crippen molar-refractivity contribution in [3.8, 4) is 0 Å². The summed E-state index contributed by atoms with van der Waals surface area (Å²) < 4.78 is 5.24. The van der Waals surface area contributed by atoms with Crippen LogP contribution in [-0.2, 0) is 19.1 Å². The molecule has 1 aromatic rings. The Balaban J connectivity index is 1.81. The number of nitrogens with zero attached hydrogens (tertiary/aromatic N) is 1. The van der Waals surface area contributed by atoms with E-state index in [0.29, 0.717) is 37.2 Å². The van der Waals surface area contributed by atoms with Crippen molar-refractivity contribution in [3.05, 3.63) is 29.8 Å². The number of carbonyl (C=O) groups is 4. The first-order valence-electron chi connectivity index (χ1n) is 10.7. The lowest BCUT2D eigenvalue weighted by molar-refractivity contribution is -0.152. The van der Waals surface area contributed by atoms with E-state index < -0.39 is 16.8 Å². The Morgan fingerprint density at radius 1 is 0.935 bits per heavy atom. The van der Waals surface area contributed by atoms with Crippen molar-refractivity contribution in [1.82, 2.24) is 4.90 Å². The summed E-state index contributed by atoms with van der Waals surface area (Å²) >= 11 is 0. The van der Waals surface area contributed by atoms with Gasteiger partial charge in [0.15, 0.2) is 12.4 Å². The molecular weight excluding hydrogens is 396 g/mol. The van der Waals surface area contributed by atoms with Crippen LogP contribution in [0.2, 0.25) is 0 Å². The number of likely N-dealkylation sites (tertiary alicyclic amines) is 1. The van der Waals surface area contributed by atoms with Crippen LogP contribution in [0.3, 0.4) is 0 Å². The molecule has 2 rings (SSSR count). The van der Waals surface area contributed by atoms with Gasteiger partial charge in [-0.3, -0.25) is 19.2 Å². The maximum Gasteiger partial charge on any atom is 0.309 e. The highest BCUT2D eigenvalue weighted by Gasteiger charge is 2.33. The summed E-state index contributed by atoms with van der Waals surface area (Å²) in [5.74, 6) is -1.04. The van der Waals surface area contributed by atoms with E-state index in [2.05, 4.69) is 5.32 Å². The van der Waals surface area contributed by atoms with Crippen LogP contribution in [0.15, 0.2) is 24.3 Å². The fraction of sp³-hybridized carbons (Fsp3) is 0.583. The molecule has 0 saturated carbocycles. The van der Waals surface area contributed by atoms with E-state index in [1.807, 2.05) is 41.5 Å². The fourth-order valence-corrected chi connectivity index (χ4v) is 3.19. The summed E-state index contributed by atoms with van der Waals surface area (Å²) in [6.45, 7) is 11.8. The number of esters is 1. The maximum atomic E-state index is 12.4. The van der Waals surface area contributed by atoms with E-state index >= 15 is 0 Å². The van der Waals surface area contributed by atoms with Gasteiger partial charge >= 0.3 is 5.97 Å². The van der Waals surface area contributed by atoms with Crippen LogP contribution in [0.5, 0.6) is 0 Å². The second-order valence-corrected chi connectivity index (χ2v) is 10.1. The summed E-state index contributed by atoms with van der Waals surface area (Å²) in [5, 5.41) is 2.80. The number of carbonyl (C=O) groups excluding carboxylic acids is 4. The quantitative estimate of drug-likeness (QED) is 0.568. The molecule has 0 bridgehead atoms. The highest BCUT2D eigenvalue weighted by molar-refractivity contribution is 5.99. The minimum Gasteiger partial charge on any atom is -0.457 e. The number of piperidine rings is 1. The zero-order chi connectivity index (χ0) is 23.4. The number of benzene rings is 1. The van der Waals surface area contributed by atoms with Gasteiger partial charge in [-0.25, -0.2) is 0 Å². The highest BCUT2D eigenvalue weighted by Crippen LogP contribution is 2.24. The van der Waals surface area contributed by atoms with Gasteiger partial charge < -0.3 is 15.0 Å². The Morgan fingerprint density at radius 2 is 1.48 bits per heavy atom. The smallest absolute Gasteiger partial charge is 0.309 e. The molecule has 1 aliphatic heterocycles. The van der Waals surface area contributed by atoms with Crippen LogP contribution in [0, 0.1) is 16.7 Å². The van der Waals surface area contributed by atoms with Crippen molar-refractivity contribution in [1.29, 1.82) is 0 Å². The van der Waals surface area contributed by atoms with Gasteiger partial charge in [0.1, 0.15) is 0 Å². The summed E-state index contributed by atoms with van der Waals surface area (Å²) in [6.07, 6.45) is 1.08. The summed E-state index contributed by atoms with van der Waals surface area (Å²) in [4.78, 5) is 50.9. The molecular formula is C24H34N2O5. The molecule has 0 atom stereocenters. The molecule has 7 heteroatoms. The van der Waals surface area contributed by atoms with Gasteiger partial charge in [-0.2, -0.15) is 0 Å². The number of hydrogen-bond acceptors (Lipinski definition) is 5. The van der Waals surface area contributed by atoms with Crippen LogP contribution in [0.1, 0.15) is 64.7 Å². The molecule has 170 valence electrons. The highest BCUT2D eigenvalue weighted by atomic mass is 16.5. The monoisotopic (exact) mass is 430 g/mol. The molecule has 2 amide bonds. The molecule has 31 heavy (non-hydrogen) atoms. The molecule has 1 heterocycles. The first kappa shape index (κ1) is 24.6. The lowest BCUT2D eigenvalue weighted by Gasteiger charge is -2.34. The van der Waals surface area contributed by atoms with Gasteiger partial charge in [0.2, 0.25) is 11.8 Å². The predicted octanol–water partition coefficient (Wildman–Crippen LogP) is 3.68. The third kappa shape index (κ3) is 6.91. The fourth-order valence-electron chi connectivity index (χ4n) is 3.19. The van der Waals surface area contributed by atoms with Crippen LogP contribution >= 0.6 is 0 Å². The van der Waals surface area contributed by atoms with Crippen molar-refractivity contribution in [2.75, 3.05) is 25.0 Å². The van der Waals surface area contributed by atoms with Gasteiger partial charge in [-0.15, -0.1) is 0 Å². The SMILES string of the molecule is CC(C)(C)C(=O)Nc1ccc(C(=O)COC(=O)C2CCN(C(=O)C(C)(C)C)CC2)cc1. The zero-order valence-electron chi connectivity index (χ0n) is 19.4. The Morgan fingerprint density at radius 3 is 1.97 bits per heavy atom. The average Bonchev–Trinajstić information content (AvgIpc) is 2.70. The second-order valence-electron chi connectivity index (χ2n) is 10.1. The first-order chi connectivity index (χ1) is 14.3. The Bertz CT molecular complexity index is 823. The molecule has 0 aromatic heterocycles. The van der Waals surface area contributed by atoms with Gasteiger partial charge in [0.25, 0.3) is 0 Å². The van der Waals surface area contributed by atoms with Gasteiger partial charge in [0, 0.05) is 35.2 Å². The van der Waals surface area contributed by atoms with Crippen LogP contribution < -0.4 is 5.32 Å². The lowest BCUT2D eigenvalue weighted by atomic mass is 9.91. The van der Waals surface area contributed by atoms with Gasteiger partial charge in [-0.05, 0) is 37.1 Å². The van der Waals surface area contributed by atoms with E-state index in [4.69, 9.17) is 4.74 Å². The van der Waals surface area contributed by atoms with E-state index in [9.17, 15) is 19.2 Å². The van der Waals surface area contributed by atoms with Crippen molar-refractivity contribution in [2.24, 2.45) is 16.7 Å².